The molecule has 8 nitrogen and oxygen atoms in total. The van der Waals surface area contributed by atoms with E-state index >= 15 is 0 Å². The molecule has 0 amide bonds. The molecule has 0 aliphatic rings. The van der Waals surface area contributed by atoms with Gasteiger partial charge in [-0.15, -0.1) is 0 Å². The summed E-state index contributed by atoms with van der Waals surface area (Å²) in [4.78, 5) is 19.2. The second kappa shape index (κ2) is 5.87. The number of carboxylic acid groups (broad SMARTS) is 1. The Morgan fingerprint density at radius 2 is 1.83 bits per heavy atom. The third-order valence-electron chi connectivity index (χ3n) is 3.26. The number of aromatic carboxylic acids is 1. The van der Waals surface area contributed by atoms with Crippen LogP contribution in [0.25, 0.3) is 10.9 Å². The van der Waals surface area contributed by atoms with Gasteiger partial charge in [0.05, 0.1) is 16.4 Å². The standard InChI is InChI=1S/C15H12N4O4S/c16-24(22,23)12-5-3-11(4-6-12)18-15-17-8-10-2-1-9(14(20)21)7-13(10)19-15/h1-8H,(H,20,21)(H2,16,22,23)(H,17,18,19)/p-1. The maximum atomic E-state index is 11.2. The van der Waals surface area contributed by atoms with Crippen LogP contribution in [0.5, 0.6) is 0 Å². The number of anilines is 2. The summed E-state index contributed by atoms with van der Waals surface area (Å²) in [5.74, 6) is -1.05. The van der Waals surface area contributed by atoms with Crippen LogP contribution in [0.3, 0.4) is 0 Å². The zero-order valence-electron chi connectivity index (χ0n) is 12.1. The van der Waals surface area contributed by atoms with E-state index in [1.165, 1.54) is 36.4 Å². The quantitative estimate of drug-likeness (QED) is 0.698. The Kier molecular flexibility index (Phi) is 3.87. The Labute approximate surface area is 137 Å². The first-order valence-corrected chi connectivity index (χ1v) is 8.25. The fourth-order valence-electron chi connectivity index (χ4n) is 2.07. The SMILES string of the molecule is NS(=O)(=O)c1ccc(Nc2ncc3ccc(C(=O)[O-])cc3n2)cc1. The van der Waals surface area contributed by atoms with Crippen LogP contribution in [0, 0.1) is 0 Å². The van der Waals surface area contributed by atoms with Crippen LogP contribution >= 0.6 is 0 Å². The van der Waals surface area contributed by atoms with E-state index in [-0.39, 0.29) is 16.4 Å². The highest BCUT2D eigenvalue weighted by Crippen LogP contribution is 2.19. The minimum absolute atomic E-state index is 0.00826. The van der Waals surface area contributed by atoms with Gasteiger partial charge in [0.1, 0.15) is 0 Å². The van der Waals surface area contributed by atoms with Crippen LogP contribution in [-0.2, 0) is 10.0 Å². The molecule has 0 aliphatic carbocycles. The molecule has 2 aromatic carbocycles. The number of aromatic nitrogens is 2. The van der Waals surface area contributed by atoms with Crippen LogP contribution < -0.4 is 15.6 Å². The number of primary sulfonamides is 1. The van der Waals surface area contributed by atoms with Gasteiger partial charge in [0.15, 0.2) is 0 Å². The van der Waals surface area contributed by atoms with E-state index in [9.17, 15) is 18.3 Å². The summed E-state index contributed by atoms with van der Waals surface area (Å²) in [5.41, 5.74) is 1.01. The Balaban J connectivity index is 1.91. The van der Waals surface area contributed by atoms with E-state index in [2.05, 4.69) is 15.3 Å². The normalized spacial score (nSPS) is 11.4. The van der Waals surface area contributed by atoms with Crippen LogP contribution in [0.15, 0.2) is 53.6 Å². The van der Waals surface area contributed by atoms with Crippen molar-refractivity contribution < 1.29 is 18.3 Å². The van der Waals surface area contributed by atoms with Gasteiger partial charge in [-0.25, -0.2) is 23.5 Å². The number of rotatable bonds is 4. The van der Waals surface area contributed by atoms with E-state index in [0.29, 0.717) is 16.6 Å². The highest BCUT2D eigenvalue weighted by molar-refractivity contribution is 7.89. The maximum absolute atomic E-state index is 11.2. The molecule has 122 valence electrons. The molecular weight excluding hydrogens is 332 g/mol. The van der Waals surface area contributed by atoms with E-state index < -0.39 is 16.0 Å². The molecule has 9 heteroatoms. The van der Waals surface area contributed by atoms with Gasteiger partial charge in [-0.05, 0) is 35.9 Å². The number of nitrogens with one attached hydrogen (secondary N) is 1. The molecule has 0 radical (unpaired) electrons. The van der Waals surface area contributed by atoms with E-state index in [4.69, 9.17) is 5.14 Å². The summed E-state index contributed by atoms with van der Waals surface area (Å²) in [6.07, 6.45) is 1.54. The van der Waals surface area contributed by atoms with Crippen LogP contribution in [0.2, 0.25) is 0 Å². The lowest BCUT2D eigenvalue weighted by Gasteiger charge is -2.08. The van der Waals surface area contributed by atoms with Gasteiger partial charge in [0.2, 0.25) is 16.0 Å². The molecule has 0 atom stereocenters. The lowest BCUT2D eigenvalue weighted by molar-refractivity contribution is -0.255. The Morgan fingerprint density at radius 1 is 1.12 bits per heavy atom. The van der Waals surface area contributed by atoms with Crippen LogP contribution in [0.4, 0.5) is 11.6 Å². The molecule has 24 heavy (non-hydrogen) atoms. The molecule has 3 N–H and O–H groups in total. The number of carboxylic acids is 1. The average Bonchev–Trinajstić information content (AvgIpc) is 2.54. The number of sulfonamides is 1. The number of fused-ring (bicyclic) bond motifs is 1. The molecular formula is C15H11N4O4S-. The molecule has 0 fully saturated rings. The molecule has 0 spiro atoms. The molecule has 0 aliphatic heterocycles. The number of nitrogens with zero attached hydrogens (tertiary/aromatic N) is 2. The molecule has 0 saturated carbocycles. The van der Waals surface area contributed by atoms with Crippen molar-refractivity contribution in [1.29, 1.82) is 0 Å². The smallest absolute Gasteiger partial charge is 0.238 e. The largest absolute Gasteiger partial charge is 0.545 e. The maximum Gasteiger partial charge on any atom is 0.238 e. The third-order valence-corrected chi connectivity index (χ3v) is 4.19. The first-order chi connectivity index (χ1) is 11.3. The van der Waals surface area contributed by atoms with Gasteiger partial charge in [0.25, 0.3) is 0 Å². The number of hydrogen-bond donors (Lipinski definition) is 2. The van der Waals surface area contributed by atoms with E-state index in [0.717, 1.165) is 0 Å². The Morgan fingerprint density at radius 3 is 2.46 bits per heavy atom. The highest BCUT2D eigenvalue weighted by atomic mass is 32.2. The second-order valence-electron chi connectivity index (χ2n) is 4.95. The van der Waals surface area contributed by atoms with Crippen LogP contribution in [0.1, 0.15) is 10.4 Å². The Bertz CT molecular complexity index is 1030. The summed E-state index contributed by atoms with van der Waals surface area (Å²) in [7, 11) is -3.75. The molecule has 0 saturated heterocycles. The predicted molar refractivity (Wildman–Crippen MR) is 85.0 cm³/mol. The minimum atomic E-state index is -3.75. The topological polar surface area (TPSA) is 138 Å². The predicted octanol–water partition coefficient (Wildman–Crippen LogP) is 0.384. The van der Waals surface area contributed by atoms with Gasteiger partial charge in [-0.2, -0.15) is 0 Å². The van der Waals surface area contributed by atoms with Crippen molar-refractivity contribution in [3.63, 3.8) is 0 Å². The zero-order chi connectivity index (χ0) is 17.3. The molecule has 1 heterocycles. The van der Waals surface area contributed by atoms with Crippen molar-refractivity contribution in [2.24, 2.45) is 5.14 Å². The third kappa shape index (κ3) is 3.31. The first-order valence-electron chi connectivity index (χ1n) is 6.71. The van der Waals surface area contributed by atoms with Gasteiger partial charge in [-0.3, -0.25) is 0 Å². The summed E-state index contributed by atoms with van der Waals surface area (Å²) >= 11 is 0. The van der Waals surface area contributed by atoms with Crippen molar-refractivity contribution in [3.8, 4) is 0 Å². The summed E-state index contributed by atoms with van der Waals surface area (Å²) in [6, 6.07) is 10.1. The van der Waals surface area contributed by atoms with E-state index in [1.54, 1.807) is 12.3 Å². The monoisotopic (exact) mass is 343 g/mol. The summed E-state index contributed by atoms with van der Waals surface area (Å²) in [6.45, 7) is 0. The average molecular weight is 343 g/mol. The fourth-order valence-corrected chi connectivity index (χ4v) is 2.58. The number of benzene rings is 2. The van der Waals surface area contributed by atoms with Gasteiger partial charge < -0.3 is 15.2 Å². The number of hydrogen-bond acceptors (Lipinski definition) is 7. The van der Waals surface area contributed by atoms with Gasteiger partial charge >= 0.3 is 0 Å². The second-order valence-corrected chi connectivity index (χ2v) is 6.51. The van der Waals surface area contributed by atoms with Crippen molar-refractivity contribution >= 4 is 38.5 Å². The fraction of sp³-hybridized carbons (Fsp3) is 0. The molecule has 3 rings (SSSR count). The zero-order valence-corrected chi connectivity index (χ0v) is 12.9. The first kappa shape index (κ1) is 15.8. The summed E-state index contributed by atoms with van der Waals surface area (Å²) < 4.78 is 22.4. The molecule has 1 aromatic heterocycles. The van der Waals surface area contributed by atoms with Gasteiger partial charge in [0, 0.05) is 17.3 Å². The number of carbonyl (C=O) groups is 1. The van der Waals surface area contributed by atoms with Gasteiger partial charge in [-0.1, -0.05) is 12.1 Å². The van der Waals surface area contributed by atoms with Crippen molar-refractivity contribution in [2.45, 2.75) is 4.90 Å². The molecule has 0 bridgehead atoms. The number of nitrogens with two attached hydrogens (primary N) is 1. The lowest BCUT2D eigenvalue weighted by Crippen LogP contribution is -2.22. The van der Waals surface area contributed by atoms with Crippen molar-refractivity contribution in [2.75, 3.05) is 5.32 Å². The van der Waals surface area contributed by atoms with Crippen molar-refractivity contribution in [1.82, 2.24) is 9.97 Å². The lowest BCUT2D eigenvalue weighted by atomic mass is 10.1. The van der Waals surface area contributed by atoms with E-state index in [1.807, 2.05) is 0 Å². The minimum Gasteiger partial charge on any atom is -0.545 e. The van der Waals surface area contributed by atoms with Crippen LogP contribution in [-0.4, -0.2) is 24.4 Å². The summed E-state index contributed by atoms with van der Waals surface area (Å²) in [5, 5.41) is 19.5. The Hall–Kier alpha value is -3.04. The highest BCUT2D eigenvalue weighted by Gasteiger charge is 2.07. The molecule has 3 aromatic rings. The number of carbonyl (C=O) groups excluding carboxylic acids is 1. The molecule has 0 unspecified atom stereocenters. The van der Waals surface area contributed by atoms with Crippen molar-refractivity contribution in [3.05, 3.63) is 54.2 Å².